The van der Waals surface area contributed by atoms with Crippen molar-refractivity contribution in [3.8, 4) is 11.3 Å². The minimum atomic E-state index is -1.11. The number of carboxylic acid groups (broad SMARTS) is 1. The van der Waals surface area contributed by atoms with Crippen molar-refractivity contribution in [3.05, 3.63) is 29.6 Å². The average molecular weight is 370 g/mol. The number of fused-ring (bicyclic) bond motifs is 2. The Morgan fingerprint density at radius 1 is 1.33 bits per heavy atom. The SMILES string of the molecule is CCNC(=O)N1CCC2(CCn3nc(-c4cnc(N)c(C(=O)O)c4)cc32)C1. The summed E-state index contributed by atoms with van der Waals surface area (Å²) in [5, 5.41) is 16.8. The number of amides is 2. The summed E-state index contributed by atoms with van der Waals surface area (Å²) in [6, 6.07) is 3.47. The summed E-state index contributed by atoms with van der Waals surface area (Å²) in [6.07, 6.45) is 3.39. The van der Waals surface area contributed by atoms with Crippen molar-refractivity contribution >= 4 is 17.8 Å². The monoisotopic (exact) mass is 370 g/mol. The topological polar surface area (TPSA) is 126 Å². The number of nitrogen functional groups attached to an aromatic ring is 1. The molecule has 142 valence electrons. The number of aryl methyl sites for hydroxylation is 1. The van der Waals surface area contributed by atoms with Gasteiger partial charge in [-0.25, -0.2) is 14.6 Å². The minimum Gasteiger partial charge on any atom is -0.478 e. The standard InChI is InChI=1S/C18H22N6O3/c1-2-20-17(27)23-5-3-18(10-23)4-6-24-14(18)8-13(22-24)11-7-12(16(25)26)15(19)21-9-11/h7-9H,2-6,10H2,1H3,(H2,19,21)(H,20,27)(H,25,26). The second-order valence-electron chi connectivity index (χ2n) is 7.14. The molecule has 4 heterocycles. The largest absolute Gasteiger partial charge is 0.478 e. The van der Waals surface area contributed by atoms with Gasteiger partial charge in [-0.3, -0.25) is 4.68 Å². The molecule has 2 aliphatic heterocycles. The van der Waals surface area contributed by atoms with Crippen LogP contribution >= 0.6 is 0 Å². The molecule has 1 fully saturated rings. The number of aromatic carboxylic acids is 1. The van der Waals surface area contributed by atoms with Gasteiger partial charge in [0.05, 0.1) is 5.69 Å². The van der Waals surface area contributed by atoms with Crippen LogP contribution in [0.25, 0.3) is 11.3 Å². The second kappa shape index (κ2) is 6.26. The van der Waals surface area contributed by atoms with Crippen molar-refractivity contribution in [2.45, 2.75) is 31.7 Å². The van der Waals surface area contributed by atoms with Gasteiger partial charge >= 0.3 is 12.0 Å². The van der Waals surface area contributed by atoms with Gasteiger partial charge in [0, 0.05) is 49.0 Å². The molecule has 0 radical (unpaired) electrons. The Bertz CT molecular complexity index is 924. The molecule has 1 atom stereocenters. The van der Waals surface area contributed by atoms with E-state index in [-0.39, 0.29) is 22.8 Å². The third-order valence-corrected chi connectivity index (χ3v) is 5.54. The van der Waals surface area contributed by atoms with E-state index in [4.69, 9.17) is 5.73 Å². The number of pyridine rings is 1. The van der Waals surface area contributed by atoms with Crippen LogP contribution in [0.4, 0.5) is 10.6 Å². The molecule has 2 aromatic heterocycles. The van der Waals surface area contributed by atoms with E-state index in [0.717, 1.165) is 31.6 Å². The second-order valence-corrected chi connectivity index (χ2v) is 7.14. The molecule has 2 aromatic rings. The molecule has 0 aromatic carbocycles. The van der Waals surface area contributed by atoms with Gasteiger partial charge in [-0.1, -0.05) is 0 Å². The predicted octanol–water partition coefficient (Wildman–Crippen LogP) is 1.30. The van der Waals surface area contributed by atoms with E-state index in [1.54, 1.807) is 6.20 Å². The zero-order chi connectivity index (χ0) is 19.2. The highest BCUT2D eigenvalue weighted by Crippen LogP contribution is 2.43. The predicted molar refractivity (Wildman–Crippen MR) is 98.4 cm³/mol. The number of rotatable bonds is 3. The lowest BCUT2D eigenvalue weighted by molar-refractivity contribution is 0.0697. The van der Waals surface area contributed by atoms with E-state index in [0.29, 0.717) is 24.3 Å². The summed E-state index contributed by atoms with van der Waals surface area (Å²) >= 11 is 0. The number of nitrogens with two attached hydrogens (primary N) is 1. The van der Waals surface area contributed by atoms with Crippen LogP contribution in [0.15, 0.2) is 18.3 Å². The van der Waals surface area contributed by atoms with Crippen LogP contribution < -0.4 is 11.1 Å². The highest BCUT2D eigenvalue weighted by Gasteiger charge is 2.46. The molecule has 27 heavy (non-hydrogen) atoms. The zero-order valence-electron chi connectivity index (χ0n) is 15.1. The van der Waals surface area contributed by atoms with E-state index < -0.39 is 5.97 Å². The Balaban J connectivity index is 1.64. The smallest absolute Gasteiger partial charge is 0.339 e. The number of hydrogen-bond acceptors (Lipinski definition) is 5. The third-order valence-electron chi connectivity index (χ3n) is 5.54. The number of nitrogens with zero attached hydrogens (tertiary/aromatic N) is 4. The van der Waals surface area contributed by atoms with Crippen molar-refractivity contribution < 1.29 is 14.7 Å². The van der Waals surface area contributed by atoms with Crippen LogP contribution in [0.3, 0.4) is 0 Å². The number of carbonyl (C=O) groups excluding carboxylic acids is 1. The summed E-state index contributed by atoms with van der Waals surface area (Å²) < 4.78 is 1.97. The number of carboxylic acids is 1. The molecule has 4 rings (SSSR count). The third kappa shape index (κ3) is 2.79. The number of nitrogens with one attached hydrogen (secondary N) is 1. The van der Waals surface area contributed by atoms with Crippen LogP contribution in [0.2, 0.25) is 0 Å². The maximum absolute atomic E-state index is 12.2. The summed E-state index contributed by atoms with van der Waals surface area (Å²) in [5.74, 6) is -1.12. The Morgan fingerprint density at radius 3 is 2.85 bits per heavy atom. The summed E-state index contributed by atoms with van der Waals surface area (Å²) in [4.78, 5) is 29.3. The molecular formula is C18H22N6O3. The molecule has 1 saturated heterocycles. The first-order chi connectivity index (χ1) is 12.9. The molecule has 1 unspecified atom stereocenters. The average Bonchev–Trinajstić information content (AvgIpc) is 3.33. The summed E-state index contributed by atoms with van der Waals surface area (Å²) in [6.45, 7) is 4.70. The van der Waals surface area contributed by atoms with Gasteiger partial charge in [0.25, 0.3) is 0 Å². The van der Waals surface area contributed by atoms with Gasteiger partial charge in [-0.05, 0) is 31.9 Å². The number of hydrogen-bond donors (Lipinski definition) is 3. The Kier molecular flexibility index (Phi) is 4.01. The van der Waals surface area contributed by atoms with Crippen LogP contribution in [-0.4, -0.2) is 56.4 Å². The van der Waals surface area contributed by atoms with Crippen molar-refractivity contribution in [3.63, 3.8) is 0 Å². The van der Waals surface area contributed by atoms with Crippen molar-refractivity contribution in [1.29, 1.82) is 0 Å². The first kappa shape index (κ1) is 17.3. The van der Waals surface area contributed by atoms with Crippen LogP contribution in [0.1, 0.15) is 35.8 Å². The maximum atomic E-state index is 12.2. The van der Waals surface area contributed by atoms with E-state index in [1.807, 2.05) is 22.6 Å². The molecule has 0 aliphatic carbocycles. The van der Waals surface area contributed by atoms with E-state index in [9.17, 15) is 14.7 Å². The maximum Gasteiger partial charge on any atom is 0.339 e. The normalized spacial score (nSPS) is 20.9. The lowest BCUT2D eigenvalue weighted by atomic mass is 9.82. The quantitative estimate of drug-likeness (QED) is 0.747. The highest BCUT2D eigenvalue weighted by molar-refractivity contribution is 5.93. The molecule has 2 aliphatic rings. The molecule has 0 bridgehead atoms. The molecule has 9 heteroatoms. The molecule has 9 nitrogen and oxygen atoms in total. The Labute approximate surface area is 156 Å². The lowest BCUT2D eigenvalue weighted by Crippen LogP contribution is -2.40. The number of carbonyl (C=O) groups is 2. The number of likely N-dealkylation sites (tertiary alicyclic amines) is 1. The lowest BCUT2D eigenvalue weighted by Gasteiger charge is -2.23. The van der Waals surface area contributed by atoms with Gasteiger partial charge in [0.2, 0.25) is 0 Å². The first-order valence-corrected chi connectivity index (χ1v) is 9.04. The number of anilines is 1. The molecule has 2 amide bonds. The van der Waals surface area contributed by atoms with Crippen LogP contribution in [0.5, 0.6) is 0 Å². The molecular weight excluding hydrogens is 348 g/mol. The molecule has 1 spiro atoms. The fourth-order valence-electron chi connectivity index (χ4n) is 4.11. The van der Waals surface area contributed by atoms with Crippen molar-refractivity contribution in [2.75, 3.05) is 25.4 Å². The number of aromatic nitrogens is 3. The fraction of sp³-hybridized carbons (Fsp3) is 0.444. The van der Waals surface area contributed by atoms with E-state index >= 15 is 0 Å². The molecule has 4 N–H and O–H groups in total. The van der Waals surface area contributed by atoms with Crippen LogP contribution in [0, 0.1) is 0 Å². The Morgan fingerprint density at radius 2 is 2.11 bits per heavy atom. The van der Waals surface area contributed by atoms with Gasteiger partial charge in [0.1, 0.15) is 11.4 Å². The van der Waals surface area contributed by atoms with Crippen molar-refractivity contribution in [1.82, 2.24) is 25.0 Å². The van der Waals surface area contributed by atoms with E-state index in [1.165, 1.54) is 6.07 Å². The van der Waals surface area contributed by atoms with Gasteiger partial charge in [-0.15, -0.1) is 0 Å². The minimum absolute atomic E-state index is 0.0113. The van der Waals surface area contributed by atoms with Crippen molar-refractivity contribution in [2.24, 2.45) is 0 Å². The van der Waals surface area contributed by atoms with Crippen LogP contribution in [-0.2, 0) is 12.0 Å². The zero-order valence-corrected chi connectivity index (χ0v) is 15.1. The number of urea groups is 1. The summed E-state index contributed by atoms with van der Waals surface area (Å²) in [7, 11) is 0. The highest BCUT2D eigenvalue weighted by atomic mass is 16.4. The van der Waals surface area contributed by atoms with Gasteiger partial charge < -0.3 is 21.1 Å². The fourth-order valence-corrected chi connectivity index (χ4v) is 4.11. The van der Waals surface area contributed by atoms with Gasteiger partial charge in [0.15, 0.2) is 0 Å². The van der Waals surface area contributed by atoms with E-state index in [2.05, 4.69) is 15.4 Å². The first-order valence-electron chi connectivity index (χ1n) is 9.04. The Hall–Kier alpha value is -3.10. The molecule has 0 saturated carbocycles. The summed E-state index contributed by atoms with van der Waals surface area (Å²) in [5.41, 5.74) is 7.92. The van der Waals surface area contributed by atoms with Gasteiger partial charge in [-0.2, -0.15) is 5.10 Å².